The number of carbonyl (C=O) groups is 2. The molecule has 1 heterocycles. The van der Waals surface area contributed by atoms with Crippen LogP contribution in [-0.4, -0.2) is 29.0 Å². The maximum absolute atomic E-state index is 12.3. The molecule has 0 aliphatic heterocycles. The fourth-order valence-corrected chi connectivity index (χ4v) is 3.83. The summed E-state index contributed by atoms with van der Waals surface area (Å²) in [6.45, 7) is 3.62. The van der Waals surface area contributed by atoms with Crippen molar-refractivity contribution in [1.82, 2.24) is 10.3 Å². The molecule has 0 spiro atoms. The van der Waals surface area contributed by atoms with Gasteiger partial charge in [-0.2, -0.15) is 0 Å². The van der Waals surface area contributed by atoms with E-state index in [1.165, 1.54) is 23.3 Å². The van der Waals surface area contributed by atoms with Gasteiger partial charge in [0.1, 0.15) is 5.01 Å². The van der Waals surface area contributed by atoms with E-state index in [2.05, 4.69) is 10.3 Å². The third kappa shape index (κ3) is 4.69. The van der Waals surface area contributed by atoms with Crippen molar-refractivity contribution in [2.45, 2.75) is 58.1 Å². The molecule has 1 aliphatic rings. The summed E-state index contributed by atoms with van der Waals surface area (Å²) < 4.78 is 5.30. The Morgan fingerprint density at radius 3 is 2.58 bits per heavy atom. The lowest BCUT2D eigenvalue weighted by molar-refractivity contribution is -0.130. The maximum Gasteiger partial charge on any atom is 0.358 e. The molecule has 0 radical (unpaired) electrons. The van der Waals surface area contributed by atoms with Crippen molar-refractivity contribution in [3.05, 3.63) is 40.9 Å². The molecule has 2 aromatic rings. The number of nitrogens with one attached hydrogen (secondary N) is 1. The second-order valence-electron chi connectivity index (χ2n) is 6.79. The lowest BCUT2D eigenvalue weighted by atomic mass is 9.95. The highest BCUT2D eigenvalue weighted by Crippen LogP contribution is 2.24. The highest BCUT2D eigenvalue weighted by Gasteiger charge is 2.24. The molecule has 0 saturated heterocycles. The van der Waals surface area contributed by atoms with E-state index in [9.17, 15) is 9.59 Å². The van der Waals surface area contributed by atoms with Crippen molar-refractivity contribution < 1.29 is 14.3 Å². The van der Waals surface area contributed by atoms with Gasteiger partial charge in [0.05, 0.1) is 0 Å². The monoisotopic (exact) mass is 372 g/mol. The van der Waals surface area contributed by atoms with Gasteiger partial charge < -0.3 is 10.1 Å². The van der Waals surface area contributed by atoms with E-state index >= 15 is 0 Å². The van der Waals surface area contributed by atoms with Gasteiger partial charge in [-0.1, -0.05) is 49.1 Å². The number of benzene rings is 1. The second kappa shape index (κ2) is 8.45. The van der Waals surface area contributed by atoms with Crippen molar-refractivity contribution in [1.29, 1.82) is 0 Å². The Kier molecular flexibility index (Phi) is 6.04. The number of thiazole rings is 1. The Bertz CT molecular complexity index is 764. The highest BCUT2D eigenvalue weighted by atomic mass is 32.1. The lowest BCUT2D eigenvalue weighted by Gasteiger charge is -2.24. The van der Waals surface area contributed by atoms with E-state index in [0.29, 0.717) is 0 Å². The van der Waals surface area contributed by atoms with Gasteiger partial charge >= 0.3 is 5.97 Å². The predicted octanol–water partition coefficient (Wildman–Crippen LogP) is 4.11. The van der Waals surface area contributed by atoms with Gasteiger partial charge in [0.15, 0.2) is 11.8 Å². The zero-order valence-electron chi connectivity index (χ0n) is 15.2. The first kappa shape index (κ1) is 18.6. The van der Waals surface area contributed by atoms with Crippen molar-refractivity contribution in [2.75, 3.05) is 0 Å². The fraction of sp³-hybridized carbons (Fsp3) is 0.450. The molecular formula is C20H24N2O3S. The van der Waals surface area contributed by atoms with Crippen LogP contribution in [0.5, 0.6) is 0 Å². The highest BCUT2D eigenvalue weighted by molar-refractivity contribution is 7.13. The van der Waals surface area contributed by atoms with Gasteiger partial charge in [-0.15, -0.1) is 11.3 Å². The van der Waals surface area contributed by atoms with E-state index in [1.807, 2.05) is 31.2 Å². The lowest BCUT2D eigenvalue weighted by Crippen LogP contribution is -2.42. The van der Waals surface area contributed by atoms with Crippen molar-refractivity contribution in [3.63, 3.8) is 0 Å². The summed E-state index contributed by atoms with van der Waals surface area (Å²) in [6.07, 6.45) is 4.68. The summed E-state index contributed by atoms with van der Waals surface area (Å²) in [7, 11) is 0. The van der Waals surface area contributed by atoms with Gasteiger partial charge in [-0.25, -0.2) is 9.78 Å². The van der Waals surface area contributed by atoms with Gasteiger partial charge in [0.25, 0.3) is 5.91 Å². The SMILES string of the molecule is Cc1ccc(-c2nc(C(=O)OC(C)C(=O)NC3CCCCC3)cs2)cc1. The number of aryl methyl sites for hydroxylation is 1. The van der Waals surface area contributed by atoms with Gasteiger partial charge in [0, 0.05) is 17.0 Å². The predicted molar refractivity (Wildman–Crippen MR) is 102 cm³/mol. The molecule has 1 unspecified atom stereocenters. The largest absolute Gasteiger partial charge is 0.448 e. The second-order valence-corrected chi connectivity index (χ2v) is 7.65. The molecule has 6 heteroatoms. The standard InChI is InChI=1S/C20H24N2O3S/c1-13-8-10-15(11-9-13)19-22-17(12-26-19)20(24)25-14(2)18(23)21-16-6-4-3-5-7-16/h8-12,14,16H,3-7H2,1-2H3,(H,21,23). The van der Waals surface area contributed by atoms with Crippen LogP contribution in [-0.2, 0) is 9.53 Å². The summed E-state index contributed by atoms with van der Waals surface area (Å²) in [5, 5.41) is 5.41. The first-order valence-electron chi connectivity index (χ1n) is 9.07. The van der Waals surface area contributed by atoms with Crippen LogP contribution in [0.4, 0.5) is 0 Å². The zero-order valence-corrected chi connectivity index (χ0v) is 16.0. The van der Waals surface area contributed by atoms with Crippen LogP contribution in [0.2, 0.25) is 0 Å². The number of hydrogen-bond donors (Lipinski definition) is 1. The van der Waals surface area contributed by atoms with Gasteiger partial charge in [0.2, 0.25) is 0 Å². The summed E-state index contributed by atoms with van der Waals surface area (Å²) in [6, 6.07) is 8.16. The molecule has 5 nitrogen and oxygen atoms in total. The molecule has 1 atom stereocenters. The first-order valence-corrected chi connectivity index (χ1v) is 9.95. The molecule has 1 N–H and O–H groups in total. The fourth-order valence-electron chi connectivity index (χ4n) is 3.04. The van der Waals surface area contributed by atoms with E-state index < -0.39 is 12.1 Å². The smallest absolute Gasteiger partial charge is 0.358 e. The molecule has 1 fully saturated rings. The molecule has 0 bridgehead atoms. The number of carbonyl (C=O) groups excluding carboxylic acids is 2. The quantitative estimate of drug-likeness (QED) is 0.802. The van der Waals surface area contributed by atoms with Crippen LogP contribution in [0.15, 0.2) is 29.6 Å². The third-order valence-corrected chi connectivity index (χ3v) is 5.51. The van der Waals surface area contributed by atoms with Crippen molar-refractivity contribution >= 4 is 23.2 Å². The minimum absolute atomic E-state index is 0.199. The Morgan fingerprint density at radius 1 is 1.19 bits per heavy atom. The van der Waals surface area contributed by atoms with Crippen molar-refractivity contribution in [3.8, 4) is 10.6 Å². The number of amides is 1. The molecular weight excluding hydrogens is 348 g/mol. The van der Waals surface area contributed by atoms with Crippen LogP contribution in [0.25, 0.3) is 10.6 Å². The minimum Gasteiger partial charge on any atom is -0.448 e. The molecule has 1 aliphatic carbocycles. The normalized spacial score (nSPS) is 16.1. The first-order chi connectivity index (χ1) is 12.5. The number of aromatic nitrogens is 1. The molecule has 1 aromatic heterocycles. The van der Waals surface area contributed by atoms with E-state index in [0.717, 1.165) is 36.3 Å². The van der Waals surface area contributed by atoms with Crippen LogP contribution >= 0.6 is 11.3 Å². The minimum atomic E-state index is -0.825. The Morgan fingerprint density at radius 2 is 1.88 bits per heavy atom. The molecule has 3 rings (SSSR count). The summed E-state index contributed by atoms with van der Waals surface area (Å²) in [5.74, 6) is -0.801. The molecule has 1 amide bonds. The van der Waals surface area contributed by atoms with E-state index in [1.54, 1.807) is 12.3 Å². The Hall–Kier alpha value is -2.21. The third-order valence-electron chi connectivity index (χ3n) is 4.62. The zero-order chi connectivity index (χ0) is 18.5. The van der Waals surface area contributed by atoms with Gasteiger partial charge in [-0.05, 0) is 26.7 Å². The van der Waals surface area contributed by atoms with Crippen LogP contribution in [0.3, 0.4) is 0 Å². The topological polar surface area (TPSA) is 68.3 Å². The summed E-state index contributed by atoms with van der Waals surface area (Å²) >= 11 is 1.39. The summed E-state index contributed by atoms with van der Waals surface area (Å²) in [4.78, 5) is 28.9. The Labute approximate surface area is 157 Å². The molecule has 26 heavy (non-hydrogen) atoms. The van der Waals surface area contributed by atoms with Crippen molar-refractivity contribution in [2.24, 2.45) is 0 Å². The van der Waals surface area contributed by atoms with Crippen LogP contribution in [0.1, 0.15) is 55.1 Å². The van der Waals surface area contributed by atoms with E-state index in [4.69, 9.17) is 4.74 Å². The van der Waals surface area contributed by atoms with Crippen LogP contribution in [0, 0.1) is 6.92 Å². The average Bonchev–Trinajstić information content (AvgIpc) is 3.13. The number of rotatable bonds is 5. The molecule has 1 saturated carbocycles. The van der Waals surface area contributed by atoms with Crippen LogP contribution < -0.4 is 5.32 Å². The number of nitrogens with zero attached hydrogens (tertiary/aromatic N) is 1. The maximum atomic E-state index is 12.3. The number of hydrogen-bond acceptors (Lipinski definition) is 5. The summed E-state index contributed by atoms with van der Waals surface area (Å²) in [5.41, 5.74) is 2.37. The number of esters is 1. The average molecular weight is 372 g/mol. The van der Waals surface area contributed by atoms with Gasteiger partial charge in [-0.3, -0.25) is 4.79 Å². The Balaban J connectivity index is 1.57. The number of ether oxygens (including phenoxy) is 1. The van der Waals surface area contributed by atoms with E-state index in [-0.39, 0.29) is 17.6 Å². The molecule has 1 aromatic carbocycles. The molecule has 138 valence electrons.